The minimum absolute atomic E-state index is 0.356. The lowest BCUT2D eigenvalue weighted by molar-refractivity contribution is 0.0940. The fourth-order valence-electron chi connectivity index (χ4n) is 2.60. The van der Waals surface area contributed by atoms with E-state index in [0.29, 0.717) is 12.1 Å². The molecule has 19 heavy (non-hydrogen) atoms. The molecule has 2 rings (SSSR count). The van der Waals surface area contributed by atoms with Gasteiger partial charge < -0.3 is 10.1 Å². The number of nitrogens with zero attached hydrogens (tertiary/aromatic N) is 2. The Bertz CT molecular complexity index is 358. The van der Waals surface area contributed by atoms with Gasteiger partial charge in [0.15, 0.2) is 0 Å². The lowest BCUT2D eigenvalue weighted by Crippen LogP contribution is -2.18. The van der Waals surface area contributed by atoms with Gasteiger partial charge in [-0.3, -0.25) is 4.68 Å². The maximum Gasteiger partial charge on any atom is 0.0771 e. The summed E-state index contributed by atoms with van der Waals surface area (Å²) in [4.78, 5) is 0. The number of hydrogen-bond acceptors (Lipinski definition) is 3. The van der Waals surface area contributed by atoms with E-state index in [1.54, 1.807) is 0 Å². The largest absolute Gasteiger partial charge is 0.380 e. The highest BCUT2D eigenvalue weighted by molar-refractivity contribution is 5.39. The number of aromatic nitrogens is 2. The maximum absolute atomic E-state index is 5.64. The van der Waals surface area contributed by atoms with Crippen LogP contribution >= 0.6 is 0 Å². The molecule has 1 aliphatic heterocycles. The van der Waals surface area contributed by atoms with Crippen LogP contribution in [0, 0.1) is 0 Å². The van der Waals surface area contributed by atoms with Crippen LogP contribution in [0.15, 0.2) is 12.4 Å². The quantitative estimate of drug-likeness (QED) is 0.782. The minimum Gasteiger partial charge on any atom is -0.380 e. The summed E-state index contributed by atoms with van der Waals surface area (Å²) in [6.45, 7) is 6.27. The summed E-state index contributed by atoms with van der Waals surface area (Å²) >= 11 is 0. The van der Waals surface area contributed by atoms with E-state index in [2.05, 4.69) is 30.5 Å². The first-order valence-corrected chi connectivity index (χ1v) is 7.72. The highest BCUT2D eigenvalue weighted by Gasteiger charge is 2.16. The van der Waals surface area contributed by atoms with Crippen molar-refractivity contribution in [2.75, 3.05) is 11.9 Å². The van der Waals surface area contributed by atoms with Crippen molar-refractivity contribution in [2.24, 2.45) is 0 Å². The Balaban J connectivity index is 1.81. The van der Waals surface area contributed by atoms with E-state index in [9.17, 15) is 0 Å². The molecular weight excluding hydrogens is 238 g/mol. The van der Waals surface area contributed by atoms with E-state index in [1.807, 2.05) is 10.9 Å². The van der Waals surface area contributed by atoms with Gasteiger partial charge in [0.25, 0.3) is 0 Å². The number of ether oxygens (including phenoxy) is 1. The van der Waals surface area contributed by atoms with Gasteiger partial charge in [-0.2, -0.15) is 5.10 Å². The van der Waals surface area contributed by atoms with Crippen LogP contribution in [0.4, 0.5) is 5.69 Å². The van der Waals surface area contributed by atoms with E-state index in [4.69, 9.17) is 4.74 Å². The highest BCUT2D eigenvalue weighted by Crippen LogP contribution is 2.16. The van der Waals surface area contributed by atoms with Crippen LogP contribution in [0.3, 0.4) is 0 Å². The standard InChI is InChI=1S/C15H27N3O/c1-3-5-7-13(4-2)17-14-10-16-18(11-14)12-15-8-6-9-19-15/h10-11,13,15,17H,3-9,12H2,1-2H3. The van der Waals surface area contributed by atoms with Crippen LogP contribution < -0.4 is 5.32 Å². The molecule has 0 amide bonds. The SMILES string of the molecule is CCCCC(CC)Nc1cnn(CC2CCCO2)c1. The van der Waals surface area contributed by atoms with Crippen molar-refractivity contribution in [3.8, 4) is 0 Å². The first-order chi connectivity index (χ1) is 9.31. The molecular formula is C15H27N3O. The molecule has 2 unspecified atom stereocenters. The van der Waals surface area contributed by atoms with Crippen molar-refractivity contribution < 1.29 is 4.74 Å². The molecule has 1 aromatic heterocycles. The van der Waals surface area contributed by atoms with E-state index >= 15 is 0 Å². The fourth-order valence-corrected chi connectivity index (χ4v) is 2.60. The van der Waals surface area contributed by atoms with Gasteiger partial charge in [-0.1, -0.05) is 26.7 Å². The maximum atomic E-state index is 5.64. The lowest BCUT2D eigenvalue weighted by atomic mass is 10.1. The molecule has 2 heterocycles. The number of anilines is 1. The van der Waals surface area contributed by atoms with Crippen molar-refractivity contribution in [2.45, 2.75) is 71.1 Å². The number of rotatable bonds is 8. The molecule has 0 aromatic carbocycles. The number of nitrogens with one attached hydrogen (secondary N) is 1. The zero-order valence-electron chi connectivity index (χ0n) is 12.3. The van der Waals surface area contributed by atoms with Crippen LogP contribution in [-0.4, -0.2) is 28.5 Å². The summed E-state index contributed by atoms with van der Waals surface area (Å²) in [5.41, 5.74) is 1.14. The first kappa shape index (κ1) is 14.4. The molecule has 4 nitrogen and oxygen atoms in total. The Morgan fingerprint density at radius 3 is 3.11 bits per heavy atom. The van der Waals surface area contributed by atoms with Crippen LogP contribution in [-0.2, 0) is 11.3 Å². The second-order valence-electron chi connectivity index (χ2n) is 5.48. The van der Waals surface area contributed by atoms with E-state index in [-0.39, 0.29) is 0 Å². The monoisotopic (exact) mass is 265 g/mol. The molecule has 0 aliphatic carbocycles. The topological polar surface area (TPSA) is 39.1 Å². The van der Waals surface area contributed by atoms with Gasteiger partial charge >= 0.3 is 0 Å². The Morgan fingerprint density at radius 1 is 1.53 bits per heavy atom. The molecule has 0 spiro atoms. The highest BCUT2D eigenvalue weighted by atomic mass is 16.5. The molecule has 4 heteroatoms. The van der Waals surface area contributed by atoms with Crippen molar-refractivity contribution >= 4 is 5.69 Å². The zero-order valence-corrected chi connectivity index (χ0v) is 12.3. The van der Waals surface area contributed by atoms with Crippen molar-refractivity contribution in [3.63, 3.8) is 0 Å². The fraction of sp³-hybridized carbons (Fsp3) is 0.800. The second-order valence-corrected chi connectivity index (χ2v) is 5.48. The van der Waals surface area contributed by atoms with Crippen molar-refractivity contribution in [1.29, 1.82) is 0 Å². The van der Waals surface area contributed by atoms with Gasteiger partial charge in [0.1, 0.15) is 0 Å². The molecule has 108 valence electrons. The summed E-state index contributed by atoms with van der Waals surface area (Å²) in [7, 11) is 0. The summed E-state index contributed by atoms with van der Waals surface area (Å²) < 4.78 is 7.65. The van der Waals surface area contributed by atoms with Crippen molar-refractivity contribution in [1.82, 2.24) is 9.78 Å². The van der Waals surface area contributed by atoms with Gasteiger partial charge in [-0.25, -0.2) is 0 Å². The predicted octanol–water partition coefficient (Wildman–Crippen LogP) is 3.44. The van der Waals surface area contributed by atoms with Crippen LogP contribution in [0.25, 0.3) is 0 Å². The summed E-state index contributed by atoms with van der Waals surface area (Å²) in [5.74, 6) is 0. The third-order valence-corrected chi connectivity index (χ3v) is 3.82. The molecule has 0 saturated carbocycles. The molecule has 1 N–H and O–H groups in total. The Labute approximate surface area is 116 Å². The van der Waals surface area contributed by atoms with Crippen LogP contribution in [0.5, 0.6) is 0 Å². The Hall–Kier alpha value is -1.03. The smallest absolute Gasteiger partial charge is 0.0771 e. The number of hydrogen-bond donors (Lipinski definition) is 1. The third kappa shape index (κ3) is 4.53. The van der Waals surface area contributed by atoms with E-state index in [1.165, 1.54) is 25.7 Å². The molecule has 1 aromatic rings. The van der Waals surface area contributed by atoms with Gasteiger partial charge in [-0.05, 0) is 25.7 Å². The lowest BCUT2D eigenvalue weighted by Gasteiger charge is -2.16. The molecule has 0 radical (unpaired) electrons. The number of unbranched alkanes of at least 4 members (excludes halogenated alkanes) is 1. The Morgan fingerprint density at radius 2 is 2.42 bits per heavy atom. The summed E-state index contributed by atoms with van der Waals surface area (Å²) in [6.07, 6.45) is 11.7. The van der Waals surface area contributed by atoms with Gasteiger partial charge in [0.2, 0.25) is 0 Å². The van der Waals surface area contributed by atoms with Crippen LogP contribution in [0.2, 0.25) is 0 Å². The average Bonchev–Trinajstić information content (AvgIpc) is 3.07. The predicted molar refractivity (Wildman–Crippen MR) is 78.4 cm³/mol. The molecule has 1 aliphatic rings. The average molecular weight is 265 g/mol. The second kappa shape index (κ2) is 7.53. The van der Waals surface area contributed by atoms with E-state index in [0.717, 1.165) is 31.7 Å². The van der Waals surface area contributed by atoms with Crippen molar-refractivity contribution in [3.05, 3.63) is 12.4 Å². The summed E-state index contributed by atoms with van der Waals surface area (Å²) in [6, 6.07) is 0.570. The molecule has 1 saturated heterocycles. The van der Waals surface area contributed by atoms with Gasteiger partial charge in [0, 0.05) is 18.8 Å². The van der Waals surface area contributed by atoms with Gasteiger partial charge in [-0.15, -0.1) is 0 Å². The normalized spacial score (nSPS) is 20.6. The Kier molecular flexibility index (Phi) is 5.70. The zero-order chi connectivity index (χ0) is 13.5. The third-order valence-electron chi connectivity index (χ3n) is 3.82. The summed E-state index contributed by atoms with van der Waals surface area (Å²) in [5, 5.41) is 8.01. The molecule has 2 atom stereocenters. The first-order valence-electron chi connectivity index (χ1n) is 7.72. The molecule has 1 fully saturated rings. The molecule has 0 bridgehead atoms. The van der Waals surface area contributed by atoms with Crippen LogP contribution in [0.1, 0.15) is 52.4 Å². The minimum atomic E-state index is 0.356. The van der Waals surface area contributed by atoms with E-state index < -0.39 is 0 Å². The van der Waals surface area contributed by atoms with Gasteiger partial charge in [0.05, 0.1) is 24.5 Å².